The lowest BCUT2D eigenvalue weighted by atomic mass is 9.87. The van der Waals surface area contributed by atoms with Crippen molar-refractivity contribution >= 4 is 64.3 Å². The molecule has 0 unspecified atom stereocenters. The third-order valence-electron chi connectivity index (χ3n) is 4.04. The van der Waals surface area contributed by atoms with E-state index < -0.39 is 0 Å². The number of benzene rings is 2. The Balaban J connectivity index is 1.89. The molecular formula is C20H14Cl4O. The third-order valence-corrected chi connectivity index (χ3v) is 5.52. The molecule has 0 saturated heterocycles. The van der Waals surface area contributed by atoms with Gasteiger partial charge in [0.1, 0.15) is 0 Å². The molecular weight excluding hydrogens is 398 g/mol. The summed E-state index contributed by atoms with van der Waals surface area (Å²) in [5.74, 6) is 0.0587. The van der Waals surface area contributed by atoms with Crippen LogP contribution in [0.15, 0.2) is 47.5 Å². The zero-order valence-electron chi connectivity index (χ0n) is 13.2. The highest BCUT2D eigenvalue weighted by molar-refractivity contribution is 6.42. The number of halogens is 4. The molecule has 0 heterocycles. The Labute approximate surface area is 166 Å². The van der Waals surface area contributed by atoms with Crippen molar-refractivity contribution in [1.29, 1.82) is 0 Å². The van der Waals surface area contributed by atoms with Gasteiger partial charge < -0.3 is 0 Å². The number of ketones is 1. The predicted molar refractivity (Wildman–Crippen MR) is 108 cm³/mol. The highest BCUT2D eigenvalue weighted by Gasteiger charge is 2.20. The fourth-order valence-electron chi connectivity index (χ4n) is 2.78. The van der Waals surface area contributed by atoms with Crippen LogP contribution in [0, 0.1) is 0 Å². The first-order valence-corrected chi connectivity index (χ1v) is 9.31. The number of hydrogen-bond acceptors (Lipinski definition) is 1. The molecule has 0 atom stereocenters. The van der Waals surface area contributed by atoms with Crippen LogP contribution >= 0.6 is 46.4 Å². The quantitative estimate of drug-likeness (QED) is 0.467. The van der Waals surface area contributed by atoms with Crippen LogP contribution in [0.1, 0.15) is 30.4 Å². The Morgan fingerprint density at radius 2 is 1.12 bits per heavy atom. The van der Waals surface area contributed by atoms with Crippen molar-refractivity contribution in [3.8, 4) is 0 Å². The van der Waals surface area contributed by atoms with Crippen molar-refractivity contribution in [1.82, 2.24) is 0 Å². The van der Waals surface area contributed by atoms with E-state index in [1.807, 2.05) is 24.3 Å². The zero-order chi connectivity index (χ0) is 18.0. The van der Waals surface area contributed by atoms with Crippen LogP contribution in [-0.4, -0.2) is 5.78 Å². The number of rotatable bonds is 2. The van der Waals surface area contributed by atoms with Gasteiger partial charge in [-0.1, -0.05) is 58.5 Å². The van der Waals surface area contributed by atoms with E-state index in [-0.39, 0.29) is 5.78 Å². The normalized spacial score (nSPS) is 18.2. The molecule has 0 amide bonds. The molecule has 2 aromatic rings. The largest absolute Gasteiger partial charge is 0.289 e. The summed E-state index contributed by atoms with van der Waals surface area (Å²) in [7, 11) is 0. The summed E-state index contributed by atoms with van der Waals surface area (Å²) < 4.78 is 0. The maximum Gasteiger partial charge on any atom is 0.185 e. The molecule has 2 aromatic carbocycles. The average Bonchev–Trinajstić information content (AvgIpc) is 2.58. The van der Waals surface area contributed by atoms with Gasteiger partial charge >= 0.3 is 0 Å². The maximum absolute atomic E-state index is 12.8. The van der Waals surface area contributed by atoms with Crippen LogP contribution in [-0.2, 0) is 4.79 Å². The Bertz CT molecular complexity index is 825. The highest BCUT2D eigenvalue weighted by atomic mass is 35.5. The minimum absolute atomic E-state index is 0.0587. The lowest BCUT2D eigenvalue weighted by molar-refractivity contribution is -0.112. The predicted octanol–water partition coefficient (Wildman–Crippen LogP) is 7.52. The van der Waals surface area contributed by atoms with E-state index in [4.69, 9.17) is 46.4 Å². The summed E-state index contributed by atoms with van der Waals surface area (Å²) in [5, 5.41) is 1.95. The SMILES string of the molecule is O=C1/C(=C\c2ccc(Cl)c(Cl)c2)CCC/C1=C/c1ccc(Cl)c(Cl)c1. The first-order valence-electron chi connectivity index (χ1n) is 7.80. The molecule has 0 radical (unpaired) electrons. The van der Waals surface area contributed by atoms with E-state index >= 15 is 0 Å². The summed E-state index contributed by atoms with van der Waals surface area (Å²) in [6, 6.07) is 10.7. The van der Waals surface area contributed by atoms with E-state index in [1.165, 1.54) is 0 Å². The first kappa shape index (κ1) is 18.5. The second kappa shape index (κ2) is 7.97. The molecule has 128 valence electrons. The van der Waals surface area contributed by atoms with Gasteiger partial charge in [-0.2, -0.15) is 0 Å². The number of allylic oxidation sites excluding steroid dienone is 2. The summed E-state index contributed by atoms with van der Waals surface area (Å²) in [5.41, 5.74) is 3.29. The molecule has 0 spiro atoms. The van der Waals surface area contributed by atoms with Crippen LogP contribution in [0.4, 0.5) is 0 Å². The molecule has 25 heavy (non-hydrogen) atoms. The molecule has 1 aliphatic rings. The van der Waals surface area contributed by atoms with E-state index in [2.05, 4.69) is 0 Å². The van der Waals surface area contributed by atoms with Gasteiger partial charge in [0.25, 0.3) is 0 Å². The fraction of sp³-hybridized carbons (Fsp3) is 0.150. The zero-order valence-corrected chi connectivity index (χ0v) is 16.2. The van der Waals surface area contributed by atoms with Crippen LogP contribution in [0.2, 0.25) is 20.1 Å². The topological polar surface area (TPSA) is 17.1 Å². The monoisotopic (exact) mass is 410 g/mol. The van der Waals surface area contributed by atoms with Crippen molar-refractivity contribution in [2.24, 2.45) is 0 Å². The van der Waals surface area contributed by atoms with Gasteiger partial charge in [0.2, 0.25) is 0 Å². The molecule has 1 saturated carbocycles. The van der Waals surface area contributed by atoms with Gasteiger partial charge in [-0.15, -0.1) is 0 Å². The van der Waals surface area contributed by atoms with Crippen LogP contribution < -0.4 is 0 Å². The fourth-order valence-corrected chi connectivity index (χ4v) is 3.40. The van der Waals surface area contributed by atoms with Gasteiger partial charge in [0.05, 0.1) is 20.1 Å². The van der Waals surface area contributed by atoms with Gasteiger partial charge in [0.15, 0.2) is 5.78 Å². The van der Waals surface area contributed by atoms with E-state index in [0.717, 1.165) is 41.5 Å². The smallest absolute Gasteiger partial charge is 0.185 e. The second-order valence-corrected chi connectivity index (χ2v) is 7.50. The molecule has 1 nitrogen and oxygen atoms in total. The standard InChI is InChI=1S/C20H14Cl4O/c21-16-6-4-12(10-18(16)23)8-14-2-1-3-15(20(14)25)9-13-5-7-17(22)19(24)11-13/h4-11H,1-3H2/b14-8-,15-9-. The highest BCUT2D eigenvalue weighted by Crippen LogP contribution is 2.31. The van der Waals surface area contributed by atoms with Crippen molar-refractivity contribution in [2.45, 2.75) is 19.3 Å². The van der Waals surface area contributed by atoms with Crippen LogP contribution in [0.25, 0.3) is 12.2 Å². The Morgan fingerprint density at radius 1 is 0.680 bits per heavy atom. The van der Waals surface area contributed by atoms with E-state index in [1.54, 1.807) is 24.3 Å². The van der Waals surface area contributed by atoms with E-state index in [9.17, 15) is 4.79 Å². The van der Waals surface area contributed by atoms with E-state index in [0.29, 0.717) is 20.1 Å². The summed E-state index contributed by atoms with van der Waals surface area (Å²) >= 11 is 24.0. The first-order chi connectivity index (χ1) is 11.9. The number of hydrogen-bond donors (Lipinski definition) is 0. The number of carbonyl (C=O) groups excluding carboxylic acids is 1. The molecule has 3 rings (SSSR count). The molecule has 0 N–H and O–H groups in total. The molecule has 1 aliphatic carbocycles. The Morgan fingerprint density at radius 3 is 1.52 bits per heavy atom. The lowest BCUT2D eigenvalue weighted by Crippen LogP contribution is -2.12. The average molecular weight is 412 g/mol. The van der Waals surface area contributed by atoms with Crippen molar-refractivity contribution in [2.75, 3.05) is 0 Å². The number of Topliss-reactive ketones (excluding diaryl/α,β-unsaturated/α-hetero) is 1. The van der Waals surface area contributed by atoms with Crippen LogP contribution in [0.3, 0.4) is 0 Å². The van der Waals surface area contributed by atoms with Gasteiger partial charge in [-0.05, 0) is 66.8 Å². The lowest BCUT2D eigenvalue weighted by Gasteiger charge is -2.17. The third kappa shape index (κ3) is 4.48. The molecule has 0 bridgehead atoms. The maximum atomic E-state index is 12.8. The van der Waals surface area contributed by atoms with Gasteiger partial charge in [0, 0.05) is 11.1 Å². The van der Waals surface area contributed by atoms with Gasteiger partial charge in [-0.25, -0.2) is 0 Å². The van der Waals surface area contributed by atoms with Crippen molar-refractivity contribution < 1.29 is 4.79 Å². The Kier molecular flexibility index (Phi) is 5.91. The molecule has 5 heteroatoms. The van der Waals surface area contributed by atoms with Crippen LogP contribution in [0.5, 0.6) is 0 Å². The summed E-state index contributed by atoms with van der Waals surface area (Å²) in [6.07, 6.45) is 6.18. The summed E-state index contributed by atoms with van der Waals surface area (Å²) in [4.78, 5) is 12.8. The molecule has 0 aromatic heterocycles. The second-order valence-electron chi connectivity index (χ2n) is 5.87. The van der Waals surface area contributed by atoms with Gasteiger partial charge in [-0.3, -0.25) is 4.79 Å². The minimum Gasteiger partial charge on any atom is -0.289 e. The molecule has 1 fully saturated rings. The minimum atomic E-state index is 0.0587. The summed E-state index contributed by atoms with van der Waals surface area (Å²) in [6.45, 7) is 0. The molecule has 0 aliphatic heterocycles. The number of carbonyl (C=O) groups is 1. The van der Waals surface area contributed by atoms with Crippen molar-refractivity contribution in [3.05, 3.63) is 78.8 Å². The Hall–Kier alpha value is -1.25. The van der Waals surface area contributed by atoms with Crippen molar-refractivity contribution in [3.63, 3.8) is 0 Å².